The van der Waals surface area contributed by atoms with Crippen molar-refractivity contribution in [1.29, 1.82) is 0 Å². The van der Waals surface area contributed by atoms with Gasteiger partial charge in [0.25, 0.3) is 11.8 Å². The molecule has 0 spiro atoms. The molecular weight excluding hydrogens is 350 g/mol. The Morgan fingerprint density at radius 3 is 2.39 bits per heavy atom. The highest BCUT2D eigenvalue weighted by atomic mass is 16.2. The van der Waals surface area contributed by atoms with Gasteiger partial charge in [-0.2, -0.15) is 0 Å². The first-order chi connectivity index (χ1) is 13.5. The quantitative estimate of drug-likeness (QED) is 0.677. The van der Waals surface area contributed by atoms with Crippen molar-refractivity contribution in [1.82, 2.24) is 4.98 Å². The number of carbonyl (C=O) groups excluding carboxylic acids is 2. The van der Waals surface area contributed by atoms with Crippen LogP contribution < -0.4 is 10.6 Å². The summed E-state index contributed by atoms with van der Waals surface area (Å²) in [4.78, 5) is 29.4. The standard InChI is InChI=1S/C23H23N3O2/c1-4-17-9-5-6-10-20(17)26-22(27)18-12-13-24-21(14-18)23(28)25-19-11-7-8-15(2)16(19)3/h5-14H,4H2,1-3H3,(H,25,28)(H,26,27). The van der Waals surface area contributed by atoms with Gasteiger partial charge in [0, 0.05) is 23.1 Å². The summed E-state index contributed by atoms with van der Waals surface area (Å²) in [5.41, 5.74) is 5.23. The molecule has 1 aromatic heterocycles. The number of nitrogens with zero attached hydrogens (tertiary/aromatic N) is 1. The fraction of sp³-hybridized carbons (Fsp3) is 0.174. The fourth-order valence-corrected chi connectivity index (χ4v) is 2.91. The molecule has 0 atom stereocenters. The van der Waals surface area contributed by atoms with Gasteiger partial charge in [-0.15, -0.1) is 0 Å². The lowest BCUT2D eigenvalue weighted by atomic mass is 10.1. The summed E-state index contributed by atoms with van der Waals surface area (Å²) in [6.07, 6.45) is 2.29. The molecule has 5 nitrogen and oxygen atoms in total. The highest BCUT2D eigenvalue weighted by Crippen LogP contribution is 2.19. The highest BCUT2D eigenvalue weighted by Gasteiger charge is 2.14. The average Bonchev–Trinajstić information content (AvgIpc) is 2.72. The van der Waals surface area contributed by atoms with Gasteiger partial charge in [-0.25, -0.2) is 0 Å². The van der Waals surface area contributed by atoms with Gasteiger partial charge in [0.1, 0.15) is 5.69 Å². The first kappa shape index (κ1) is 19.3. The van der Waals surface area contributed by atoms with E-state index in [9.17, 15) is 9.59 Å². The summed E-state index contributed by atoms with van der Waals surface area (Å²) in [6.45, 7) is 5.98. The molecule has 3 aromatic rings. The number of carbonyl (C=O) groups is 2. The number of pyridine rings is 1. The Bertz CT molecular complexity index is 1030. The molecule has 1 heterocycles. The van der Waals surface area contributed by atoms with Crippen molar-refractivity contribution < 1.29 is 9.59 Å². The third-order valence-electron chi connectivity index (χ3n) is 4.75. The first-order valence-corrected chi connectivity index (χ1v) is 9.22. The number of aromatic nitrogens is 1. The lowest BCUT2D eigenvalue weighted by molar-refractivity contribution is 0.102. The van der Waals surface area contributed by atoms with Gasteiger partial charge < -0.3 is 10.6 Å². The van der Waals surface area contributed by atoms with Gasteiger partial charge in [0.15, 0.2) is 0 Å². The third kappa shape index (κ3) is 4.26. The Kier molecular flexibility index (Phi) is 5.84. The van der Waals surface area contributed by atoms with Crippen LogP contribution in [0.4, 0.5) is 11.4 Å². The molecule has 0 aliphatic heterocycles. The summed E-state index contributed by atoms with van der Waals surface area (Å²) < 4.78 is 0. The predicted octanol–water partition coefficient (Wildman–Crippen LogP) is 4.77. The number of aryl methyl sites for hydroxylation is 2. The molecule has 0 radical (unpaired) electrons. The molecule has 0 aliphatic rings. The lowest BCUT2D eigenvalue weighted by Crippen LogP contribution is -2.18. The molecule has 142 valence electrons. The molecule has 5 heteroatoms. The smallest absolute Gasteiger partial charge is 0.274 e. The minimum absolute atomic E-state index is 0.192. The van der Waals surface area contributed by atoms with Crippen LogP contribution in [0.5, 0.6) is 0 Å². The molecule has 28 heavy (non-hydrogen) atoms. The minimum atomic E-state index is -0.350. The van der Waals surface area contributed by atoms with E-state index in [1.165, 1.54) is 12.3 Å². The van der Waals surface area contributed by atoms with E-state index in [2.05, 4.69) is 15.6 Å². The minimum Gasteiger partial charge on any atom is -0.322 e. The molecule has 0 bridgehead atoms. The second kappa shape index (κ2) is 8.48. The van der Waals surface area contributed by atoms with Crippen LogP contribution in [0.3, 0.4) is 0 Å². The van der Waals surface area contributed by atoms with Gasteiger partial charge in [-0.3, -0.25) is 14.6 Å². The van der Waals surface area contributed by atoms with Crippen molar-refractivity contribution in [2.24, 2.45) is 0 Å². The number of nitrogens with one attached hydrogen (secondary N) is 2. The van der Waals surface area contributed by atoms with Crippen molar-refractivity contribution in [3.63, 3.8) is 0 Å². The second-order valence-electron chi connectivity index (χ2n) is 6.60. The van der Waals surface area contributed by atoms with Crippen LogP contribution in [0.1, 0.15) is 44.5 Å². The van der Waals surface area contributed by atoms with Crippen molar-refractivity contribution >= 4 is 23.2 Å². The zero-order valence-corrected chi connectivity index (χ0v) is 16.2. The van der Waals surface area contributed by atoms with Crippen LogP contribution in [0.2, 0.25) is 0 Å². The van der Waals surface area contributed by atoms with Crippen molar-refractivity contribution in [2.45, 2.75) is 27.2 Å². The van der Waals surface area contributed by atoms with Crippen LogP contribution in [0, 0.1) is 13.8 Å². The Morgan fingerprint density at radius 2 is 1.61 bits per heavy atom. The zero-order valence-electron chi connectivity index (χ0n) is 16.2. The van der Waals surface area contributed by atoms with Crippen LogP contribution in [0.15, 0.2) is 60.8 Å². The maximum Gasteiger partial charge on any atom is 0.274 e. The Balaban J connectivity index is 1.78. The number of hydrogen-bond acceptors (Lipinski definition) is 3. The summed E-state index contributed by atoms with van der Waals surface area (Å²) in [5, 5.41) is 5.78. The lowest BCUT2D eigenvalue weighted by Gasteiger charge is -2.11. The molecule has 2 amide bonds. The number of anilines is 2. The van der Waals surface area contributed by atoms with Gasteiger partial charge in [0.2, 0.25) is 0 Å². The average molecular weight is 373 g/mol. The summed E-state index contributed by atoms with van der Waals surface area (Å²) in [6, 6.07) is 16.5. The normalized spacial score (nSPS) is 10.4. The van der Waals surface area contributed by atoms with E-state index < -0.39 is 0 Å². The highest BCUT2D eigenvalue weighted by molar-refractivity contribution is 6.08. The van der Waals surface area contributed by atoms with Crippen molar-refractivity contribution in [3.05, 3.63) is 88.7 Å². The fourth-order valence-electron chi connectivity index (χ4n) is 2.91. The Hall–Kier alpha value is -3.47. The van der Waals surface area contributed by atoms with E-state index in [1.54, 1.807) is 6.07 Å². The van der Waals surface area contributed by atoms with Crippen LogP contribution in [-0.2, 0) is 6.42 Å². The van der Waals surface area contributed by atoms with E-state index in [4.69, 9.17) is 0 Å². The molecule has 3 rings (SSSR count). The SMILES string of the molecule is CCc1ccccc1NC(=O)c1ccnc(C(=O)Nc2cccc(C)c2C)c1. The van der Waals surface area contributed by atoms with Crippen LogP contribution in [-0.4, -0.2) is 16.8 Å². The topological polar surface area (TPSA) is 71.1 Å². The summed E-state index contributed by atoms with van der Waals surface area (Å²) >= 11 is 0. The van der Waals surface area contributed by atoms with Gasteiger partial charge >= 0.3 is 0 Å². The Labute approximate surface area is 164 Å². The molecule has 0 aliphatic carbocycles. The maximum atomic E-state index is 12.6. The van der Waals surface area contributed by atoms with E-state index >= 15 is 0 Å². The van der Waals surface area contributed by atoms with E-state index in [1.807, 2.05) is 63.2 Å². The third-order valence-corrected chi connectivity index (χ3v) is 4.75. The van der Waals surface area contributed by atoms with E-state index in [-0.39, 0.29) is 17.5 Å². The molecule has 0 saturated heterocycles. The van der Waals surface area contributed by atoms with Crippen molar-refractivity contribution in [2.75, 3.05) is 10.6 Å². The number of hydrogen-bond donors (Lipinski definition) is 2. The van der Waals surface area contributed by atoms with Gasteiger partial charge in [-0.05, 0) is 61.2 Å². The molecule has 2 N–H and O–H groups in total. The number of para-hydroxylation sites is 1. The van der Waals surface area contributed by atoms with Gasteiger partial charge in [-0.1, -0.05) is 37.3 Å². The summed E-state index contributed by atoms with van der Waals surface area (Å²) in [5.74, 6) is -0.624. The number of benzene rings is 2. The van der Waals surface area contributed by atoms with E-state index in [0.717, 1.165) is 34.5 Å². The molecule has 0 fully saturated rings. The molecule has 0 saturated carbocycles. The van der Waals surface area contributed by atoms with E-state index in [0.29, 0.717) is 5.56 Å². The second-order valence-corrected chi connectivity index (χ2v) is 6.60. The molecular formula is C23H23N3O2. The largest absolute Gasteiger partial charge is 0.322 e. The number of rotatable bonds is 5. The zero-order chi connectivity index (χ0) is 20.1. The van der Waals surface area contributed by atoms with Crippen molar-refractivity contribution in [3.8, 4) is 0 Å². The number of amides is 2. The summed E-state index contributed by atoms with van der Waals surface area (Å²) in [7, 11) is 0. The van der Waals surface area contributed by atoms with Crippen LogP contribution in [0.25, 0.3) is 0 Å². The molecule has 2 aromatic carbocycles. The molecule has 0 unspecified atom stereocenters. The first-order valence-electron chi connectivity index (χ1n) is 9.22. The maximum absolute atomic E-state index is 12.6. The Morgan fingerprint density at radius 1 is 0.893 bits per heavy atom. The predicted molar refractivity (Wildman–Crippen MR) is 112 cm³/mol. The monoisotopic (exact) mass is 373 g/mol. The van der Waals surface area contributed by atoms with Gasteiger partial charge in [0.05, 0.1) is 0 Å². The van der Waals surface area contributed by atoms with Crippen LogP contribution >= 0.6 is 0 Å².